The Kier molecular flexibility index (Phi) is 6.74. The third-order valence-corrected chi connectivity index (χ3v) is 5.51. The van der Waals surface area contributed by atoms with E-state index < -0.39 is 0 Å². The van der Waals surface area contributed by atoms with Gasteiger partial charge in [0.15, 0.2) is 0 Å². The van der Waals surface area contributed by atoms with Gasteiger partial charge in [0.1, 0.15) is 5.75 Å². The summed E-state index contributed by atoms with van der Waals surface area (Å²) in [4.78, 5) is 14.9. The molecule has 0 saturated carbocycles. The second kappa shape index (κ2) is 9.23. The number of rotatable bonds is 7. The van der Waals surface area contributed by atoms with E-state index in [1.807, 2.05) is 12.1 Å². The molecule has 0 amide bonds. The number of piperidine rings is 2. The lowest BCUT2D eigenvalue weighted by Gasteiger charge is -2.44. The summed E-state index contributed by atoms with van der Waals surface area (Å²) in [5, 5.41) is 0. The molecule has 2 atom stereocenters. The number of fused-ring (bicyclic) bond motifs is 1. The Balaban J connectivity index is 1.44. The molecule has 1 aromatic carbocycles. The highest BCUT2D eigenvalue weighted by Crippen LogP contribution is 2.32. The molecule has 3 rings (SSSR count). The highest BCUT2D eigenvalue weighted by atomic mass is 16.5. The van der Waals surface area contributed by atoms with Crippen LogP contribution in [-0.2, 0) is 4.74 Å². The number of carbonyl (C=O) groups is 1. The summed E-state index contributed by atoms with van der Waals surface area (Å²) in [7, 11) is 0. The Morgan fingerprint density at radius 2 is 1.88 bits per heavy atom. The fraction of sp³-hybridized carbons (Fsp3) is 0.667. The second-order valence-electron chi connectivity index (χ2n) is 7.30. The van der Waals surface area contributed by atoms with Gasteiger partial charge in [-0.25, -0.2) is 4.79 Å². The number of hydrogen-bond donors (Lipinski definition) is 0. The van der Waals surface area contributed by atoms with Gasteiger partial charge in [-0.3, -0.25) is 0 Å². The molecule has 0 spiro atoms. The van der Waals surface area contributed by atoms with Gasteiger partial charge < -0.3 is 14.4 Å². The quantitative estimate of drug-likeness (QED) is 0.691. The fourth-order valence-electron chi connectivity index (χ4n) is 4.21. The van der Waals surface area contributed by atoms with Crippen LogP contribution in [0.3, 0.4) is 0 Å². The molecule has 0 bridgehead atoms. The maximum Gasteiger partial charge on any atom is 0.338 e. The molecule has 25 heavy (non-hydrogen) atoms. The third-order valence-electron chi connectivity index (χ3n) is 5.51. The van der Waals surface area contributed by atoms with Crippen LogP contribution in [0.5, 0.6) is 5.75 Å². The number of nitrogens with zero attached hydrogens (tertiary/aromatic N) is 1. The van der Waals surface area contributed by atoms with Gasteiger partial charge >= 0.3 is 5.97 Å². The smallest absolute Gasteiger partial charge is 0.338 e. The van der Waals surface area contributed by atoms with Gasteiger partial charge in [-0.15, -0.1) is 0 Å². The molecule has 2 aliphatic heterocycles. The van der Waals surface area contributed by atoms with Gasteiger partial charge in [-0.1, -0.05) is 13.3 Å². The summed E-state index contributed by atoms with van der Waals surface area (Å²) in [5.74, 6) is 1.27. The summed E-state index contributed by atoms with van der Waals surface area (Å²) in [6.07, 6.45) is 8.54. The average molecular weight is 345 g/mol. The average Bonchev–Trinajstić information content (AvgIpc) is 2.67. The van der Waals surface area contributed by atoms with Gasteiger partial charge in [0.2, 0.25) is 0 Å². The Morgan fingerprint density at radius 1 is 1.08 bits per heavy atom. The standard InChI is InChI=1S/C21H31NO3/c1-2-15-24-19-10-8-18(9-11-19)21(23)25-16-12-17-6-5-14-22-13-4-3-7-20(17)22/h8-11,17,20H,2-7,12-16H2,1H3/t17-,20-/m0/s1. The number of benzene rings is 1. The van der Waals surface area contributed by atoms with Crippen LogP contribution in [0.4, 0.5) is 0 Å². The molecule has 2 saturated heterocycles. The van der Waals surface area contributed by atoms with E-state index in [1.165, 1.54) is 45.2 Å². The van der Waals surface area contributed by atoms with Crippen molar-refractivity contribution < 1.29 is 14.3 Å². The van der Waals surface area contributed by atoms with Crippen LogP contribution in [0.2, 0.25) is 0 Å². The van der Waals surface area contributed by atoms with Crippen LogP contribution in [0, 0.1) is 5.92 Å². The minimum absolute atomic E-state index is 0.224. The first kappa shape index (κ1) is 18.2. The van der Waals surface area contributed by atoms with E-state index in [1.54, 1.807) is 12.1 Å². The summed E-state index contributed by atoms with van der Waals surface area (Å²) < 4.78 is 11.1. The Labute approximate surface area is 151 Å². The normalized spacial score (nSPS) is 23.7. The largest absolute Gasteiger partial charge is 0.494 e. The van der Waals surface area contributed by atoms with E-state index in [4.69, 9.17) is 9.47 Å². The monoisotopic (exact) mass is 345 g/mol. The molecule has 2 fully saturated rings. The van der Waals surface area contributed by atoms with Crippen molar-refractivity contribution in [2.75, 3.05) is 26.3 Å². The van der Waals surface area contributed by atoms with E-state index >= 15 is 0 Å². The van der Waals surface area contributed by atoms with Crippen molar-refractivity contribution in [3.8, 4) is 5.75 Å². The van der Waals surface area contributed by atoms with Crippen LogP contribution in [0.1, 0.15) is 62.2 Å². The van der Waals surface area contributed by atoms with Gasteiger partial charge in [0.25, 0.3) is 0 Å². The van der Waals surface area contributed by atoms with Crippen LogP contribution in [-0.4, -0.2) is 43.2 Å². The molecular weight excluding hydrogens is 314 g/mol. The molecule has 0 aromatic heterocycles. The number of hydrogen-bond acceptors (Lipinski definition) is 4. The molecule has 4 nitrogen and oxygen atoms in total. The fourth-order valence-corrected chi connectivity index (χ4v) is 4.21. The molecule has 0 N–H and O–H groups in total. The van der Waals surface area contributed by atoms with E-state index in [9.17, 15) is 4.79 Å². The highest BCUT2D eigenvalue weighted by Gasteiger charge is 2.32. The van der Waals surface area contributed by atoms with Gasteiger partial charge in [-0.05, 0) is 81.8 Å². The SMILES string of the molecule is CCCOc1ccc(C(=O)OCC[C@@H]2CCCN3CCCC[C@@H]23)cc1. The lowest BCUT2D eigenvalue weighted by atomic mass is 9.82. The third kappa shape index (κ3) is 4.97. The minimum atomic E-state index is -0.224. The zero-order valence-corrected chi connectivity index (χ0v) is 15.4. The first-order chi connectivity index (χ1) is 12.3. The molecular formula is C21H31NO3. The van der Waals surface area contributed by atoms with Crippen LogP contribution < -0.4 is 4.74 Å². The second-order valence-corrected chi connectivity index (χ2v) is 7.30. The Hall–Kier alpha value is -1.55. The Morgan fingerprint density at radius 3 is 2.68 bits per heavy atom. The summed E-state index contributed by atoms with van der Waals surface area (Å²) in [6.45, 7) is 5.82. The predicted molar refractivity (Wildman–Crippen MR) is 99.1 cm³/mol. The maximum atomic E-state index is 12.2. The van der Waals surface area contributed by atoms with E-state index in [2.05, 4.69) is 11.8 Å². The molecule has 2 aliphatic rings. The molecule has 0 radical (unpaired) electrons. The zero-order valence-electron chi connectivity index (χ0n) is 15.4. The van der Waals surface area contributed by atoms with Gasteiger partial charge in [0.05, 0.1) is 18.8 Å². The molecule has 1 aromatic rings. The van der Waals surface area contributed by atoms with E-state index in [-0.39, 0.29) is 5.97 Å². The summed E-state index contributed by atoms with van der Waals surface area (Å²) in [5.41, 5.74) is 0.604. The van der Waals surface area contributed by atoms with Gasteiger partial charge in [-0.2, -0.15) is 0 Å². The lowest BCUT2D eigenvalue weighted by Crippen LogP contribution is -2.48. The molecule has 0 aliphatic carbocycles. The van der Waals surface area contributed by atoms with Crippen molar-refractivity contribution in [2.45, 2.75) is 57.9 Å². The number of ether oxygens (including phenoxy) is 2. The van der Waals surface area contributed by atoms with Crippen molar-refractivity contribution in [1.82, 2.24) is 4.90 Å². The van der Waals surface area contributed by atoms with Crippen molar-refractivity contribution in [3.05, 3.63) is 29.8 Å². The van der Waals surface area contributed by atoms with Gasteiger partial charge in [0, 0.05) is 6.04 Å². The summed E-state index contributed by atoms with van der Waals surface area (Å²) in [6, 6.07) is 7.98. The van der Waals surface area contributed by atoms with Crippen molar-refractivity contribution >= 4 is 5.97 Å². The van der Waals surface area contributed by atoms with E-state index in [0.717, 1.165) is 24.6 Å². The molecule has 2 heterocycles. The molecule has 138 valence electrons. The van der Waals surface area contributed by atoms with Crippen LogP contribution >= 0.6 is 0 Å². The van der Waals surface area contributed by atoms with Crippen molar-refractivity contribution in [3.63, 3.8) is 0 Å². The zero-order chi connectivity index (χ0) is 17.5. The minimum Gasteiger partial charge on any atom is -0.494 e. The predicted octanol–water partition coefficient (Wildman–Crippen LogP) is 4.29. The number of esters is 1. The molecule has 0 unspecified atom stereocenters. The first-order valence-corrected chi connectivity index (χ1v) is 9.92. The summed E-state index contributed by atoms with van der Waals surface area (Å²) >= 11 is 0. The lowest BCUT2D eigenvalue weighted by molar-refractivity contribution is 0.0296. The maximum absolute atomic E-state index is 12.2. The van der Waals surface area contributed by atoms with Crippen molar-refractivity contribution in [1.29, 1.82) is 0 Å². The molecule has 4 heteroatoms. The van der Waals surface area contributed by atoms with Crippen LogP contribution in [0.25, 0.3) is 0 Å². The van der Waals surface area contributed by atoms with Crippen LogP contribution in [0.15, 0.2) is 24.3 Å². The highest BCUT2D eigenvalue weighted by molar-refractivity contribution is 5.89. The van der Waals surface area contributed by atoms with Crippen molar-refractivity contribution in [2.24, 2.45) is 5.92 Å². The Bertz CT molecular complexity index is 541. The topological polar surface area (TPSA) is 38.8 Å². The number of carbonyl (C=O) groups excluding carboxylic acids is 1. The van der Waals surface area contributed by atoms with E-state index in [0.29, 0.717) is 24.7 Å². The first-order valence-electron chi connectivity index (χ1n) is 9.92.